The van der Waals surface area contributed by atoms with Crippen LogP contribution in [0.4, 0.5) is 17.1 Å². The molecule has 298 valence electrons. The van der Waals surface area contributed by atoms with E-state index in [2.05, 4.69) is 138 Å². The summed E-state index contributed by atoms with van der Waals surface area (Å²) in [5, 5.41) is 8.29. The van der Waals surface area contributed by atoms with E-state index in [1.165, 1.54) is 0 Å². The molecule has 0 saturated carbocycles. The summed E-state index contributed by atoms with van der Waals surface area (Å²) in [5.41, 5.74) is 11.0. The lowest BCUT2D eigenvalue weighted by molar-refractivity contribution is 0.670. The van der Waals surface area contributed by atoms with Crippen LogP contribution in [0.2, 0.25) is 0 Å². The Morgan fingerprint density at radius 3 is 1.61 bits per heavy atom. The van der Waals surface area contributed by atoms with Crippen molar-refractivity contribution < 1.29 is 4.42 Å². The normalized spacial score (nSPS) is 11.7. The van der Waals surface area contributed by atoms with E-state index >= 15 is 0 Å². The van der Waals surface area contributed by atoms with Gasteiger partial charge in [0.15, 0.2) is 0 Å². The predicted octanol–water partition coefficient (Wildman–Crippen LogP) is 5.81. The van der Waals surface area contributed by atoms with E-state index in [1.807, 2.05) is 36.4 Å². The van der Waals surface area contributed by atoms with Gasteiger partial charge in [-0.15, -0.1) is 16.4 Å². The summed E-state index contributed by atoms with van der Waals surface area (Å²) in [6, 6.07) is 59.1. The zero-order valence-electron chi connectivity index (χ0n) is 37.2. The minimum Gasteiger partial charge on any atom is -0.455 e. The Morgan fingerprint density at radius 1 is 0.304 bits per heavy atom. The van der Waals surface area contributed by atoms with Gasteiger partial charge in [0.05, 0.1) is 0 Å². The second-order valence-electron chi connectivity index (χ2n) is 17.6. The third kappa shape index (κ3) is 6.68. The molecule has 69 heavy (non-hydrogen) atoms. The van der Waals surface area contributed by atoms with Crippen molar-refractivity contribution in [2.75, 3.05) is 4.90 Å². The van der Waals surface area contributed by atoms with E-state index in [4.69, 9.17) is 75.0 Å². The summed E-state index contributed by atoms with van der Waals surface area (Å²) in [4.78, 5) is 2.27. The maximum atomic E-state index is 6.95. The highest BCUT2D eigenvalue weighted by Crippen LogP contribution is 2.44. The van der Waals surface area contributed by atoms with Gasteiger partial charge in [-0.05, 0) is 119 Å². The molecule has 0 fully saturated rings. The fraction of sp³-hybridized carbons (Fsp3) is 0. The molecule has 11 aromatic carbocycles. The number of hydrogen-bond acceptors (Lipinski definition) is 2. The minimum atomic E-state index is 0.0976. The lowest BCUT2D eigenvalue weighted by atomic mass is 9.58. The second-order valence-corrected chi connectivity index (χ2v) is 17.6. The Kier molecular flexibility index (Phi) is 10.2. The number of anilines is 3. The van der Waals surface area contributed by atoms with Crippen molar-refractivity contribution in [3.63, 3.8) is 0 Å². The Balaban J connectivity index is 1.11. The molecule has 11 heteroatoms. The third-order valence-corrected chi connectivity index (χ3v) is 13.8. The average molecular weight is 852 g/mol. The molecule has 0 aliphatic heterocycles. The monoisotopic (exact) mass is 853 g/mol. The molecule has 12 rings (SSSR count). The number of para-hydroxylation sites is 2. The topological polar surface area (TPSA) is 16.4 Å². The Labute approximate surface area is 412 Å². The molecule has 0 spiro atoms. The first-order chi connectivity index (χ1) is 33.5. The first-order valence-electron chi connectivity index (χ1n) is 22.4. The van der Waals surface area contributed by atoms with Gasteiger partial charge in [0, 0.05) is 33.4 Å². The molecule has 0 atom stereocenters. The summed E-state index contributed by atoms with van der Waals surface area (Å²) < 4.78 is 6.63. The smallest absolute Gasteiger partial charge is 0.143 e. The highest BCUT2D eigenvalue weighted by molar-refractivity contribution is 6.73. The van der Waals surface area contributed by atoms with Crippen LogP contribution in [0.25, 0.3) is 98.4 Å². The molecule has 0 saturated heterocycles. The maximum Gasteiger partial charge on any atom is 0.143 e. The first-order valence-corrected chi connectivity index (χ1v) is 22.4. The molecule has 1 aromatic heterocycles. The summed E-state index contributed by atoms with van der Waals surface area (Å²) in [5.74, 6) is 0. The molecular formula is C58H28B9NO. The van der Waals surface area contributed by atoms with Crippen molar-refractivity contribution in [2.24, 2.45) is 0 Å². The van der Waals surface area contributed by atoms with E-state index in [0.717, 1.165) is 82.8 Å². The second kappa shape index (κ2) is 16.4. The van der Waals surface area contributed by atoms with Crippen LogP contribution >= 0.6 is 0 Å². The number of fused-ring (bicyclic) bond motifs is 9. The van der Waals surface area contributed by atoms with Gasteiger partial charge in [-0.3, -0.25) is 0 Å². The standard InChI is InChI=1S/C58H28B9NO/c59-49-44(45-46(51(61)55(49)65)47-48(53(63)50(45)60)54(64)57(67)56(66)52(47)62)32-20-22-35(23-21-32)68(36-24-19-31-18-17-30-11-4-5-12-38(30)42(31)28-36)37-26-33(29-9-2-1-3-10-29)25-34(27-37)39-14-8-15-41-40-13-6-7-16-43(40)69-58(39)41/h1-28H. The molecule has 1 heterocycles. The van der Waals surface area contributed by atoms with E-state index < -0.39 is 0 Å². The SMILES string of the molecule is [B]c1c([B])c([B])c2c(c1[B])c([B])c([B])c1c(-c3ccc(N(c4cc(-c5ccccc5)cc(-c5cccc6c5oc5ccccc56)c4)c4ccc5ccc6ccccc6c5c4)cc3)c([B])c([B])c([B])c12. The Hall–Kier alpha value is -7.36. The number of benzene rings is 11. The van der Waals surface area contributed by atoms with Gasteiger partial charge in [-0.25, -0.2) is 0 Å². The summed E-state index contributed by atoms with van der Waals surface area (Å²) in [6.07, 6.45) is 0. The maximum absolute atomic E-state index is 6.95. The van der Waals surface area contributed by atoms with E-state index in [1.54, 1.807) is 0 Å². The van der Waals surface area contributed by atoms with Gasteiger partial charge >= 0.3 is 0 Å². The molecule has 12 aromatic rings. The largest absolute Gasteiger partial charge is 0.455 e. The van der Waals surface area contributed by atoms with Crippen LogP contribution in [0, 0.1) is 0 Å². The minimum absolute atomic E-state index is 0.0976. The molecule has 0 aliphatic carbocycles. The number of furan rings is 1. The van der Waals surface area contributed by atoms with Crippen LogP contribution < -0.4 is 54.1 Å². The quantitative estimate of drug-likeness (QED) is 0.155. The summed E-state index contributed by atoms with van der Waals surface area (Å²) in [6.45, 7) is 0. The van der Waals surface area contributed by atoms with Gasteiger partial charge in [0.2, 0.25) is 0 Å². The van der Waals surface area contributed by atoms with Crippen molar-refractivity contribution >= 4 is 202 Å². The zero-order valence-corrected chi connectivity index (χ0v) is 37.2. The Morgan fingerprint density at radius 2 is 0.855 bits per heavy atom. The van der Waals surface area contributed by atoms with Gasteiger partial charge in [-0.1, -0.05) is 154 Å². The summed E-state index contributed by atoms with van der Waals surface area (Å²) in [7, 11) is 60.2. The molecule has 0 unspecified atom stereocenters. The van der Waals surface area contributed by atoms with Crippen LogP contribution in [0.5, 0.6) is 0 Å². The highest BCUT2D eigenvalue weighted by Gasteiger charge is 2.23. The molecule has 18 radical (unpaired) electrons. The lowest BCUT2D eigenvalue weighted by Gasteiger charge is -2.29. The third-order valence-electron chi connectivity index (χ3n) is 13.8. The first kappa shape index (κ1) is 43.0. The van der Waals surface area contributed by atoms with E-state index in [-0.39, 0.29) is 49.2 Å². The molecule has 2 nitrogen and oxygen atoms in total. The van der Waals surface area contributed by atoms with Crippen LogP contribution in [0.3, 0.4) is 0 Å². The van der Waals surface area contributed by atoms with Crippen molar-refractivity contribution in [3.8, 4) is 33.4 Å². The highest BCUT2D eigenvalue weighted by atomic mass is 16.3. The Bertz CT molecular complexity index is 4130. The zero-order chi connectivity index (χ0) is 47.4. The number of nitrogens with zero attached hydrogens (tertiary/aromatic N) is 1. The van der Waals surface area contributed by atoms with Gasteiger partial charge in [-0.2, -0.15) is 0 Å². The average Bonchev–Trinajstić information content (AvgIpc) is 3.77. The van der Waals surface area contributed by atoms with Crippen molar-refractivity contribution in [3.05, 3.63) is 170 Å². The lowest BCUT2D eigenvalue weighted by Crippen LogP contribution is -2.51. The van der Waals surface area contributed by atoms with Crippen LogP contribution in [-0.2, 0) is 0 Å². The fourth-order valence-corrected chi connectivity index (χ4v) is 10.3. The molecule has 0 bridgehead atoms. The fourth-order valence-electron chi connectivity index (χ4n) is 10.3. The van der Waals surface area contributed by atoms with Crippen LogP contribution in [0.15, 0.2) is 174 Å². The number of hydrogen-bond donors (Lipinski definition) is 0. The van der Waals surface area contributed by atoms with Gasteiger partial charge in [0.1, 0.15) is 81.8 Å². The molecule has 0 amide bonds. The van der Waals surface area contributed by atoms with Crippen molar-refractivity contribution in [1.29, 1.82) is 0 Å². The van der Waals surface area contributed by atoms with Crippen molar-refractivity contribution in [2.45, 2.75) is 0 Å². The summed E-state index contributed by atoms with van der Waals surface area (Å²) >= 11 is 0. The molecular weight excluding hydrogens is 824 g/mol. The number of rotatable bonds is 6. The van der Waals surface area contributed by atoms with Crippen molar-refractivity contribution in [1.82, 2.24) is 0 Å². The molecule has 0 aliphatic rings. The predicted molar refractivity (Wildman–Crippen MR) is 303 cm³/mol. The van der Waals surface area contributed by atoms with Gasteiger partial charge in [0.25, 0.3) is 0 Å². The van der Waals surface area contributed by atoms with E-state index in [0.29, 0.717) is 32.7 Å². The van der Waals surface area contributed by atoms with Crippen LogP contribution in [-0.4, -0.2) is 70.6 Å². The van der Waals surface area contributed by atoms with Gasteiger partial charge < -0.3 is 9.32 Å². The van der Waals surface area contributed by atoms with Crippen LogP contribution in [0.1, 0.15) is 0 Å². The van der Waals surface area contributed by atoms with E-state index in [9.17, 15) is 0 Å². The molecule has 0 N–H and O–H groups in total.